The van der Waals surface area contributed by atoms with Crippen LogP contribution in [0.25, 0.3) is 11.0 Å². The Morgan fingerprint density at radius 1 is 1.29 bits per heavy atom. The van der Waals surface area contributed by atoms with E-state index in [1.165, 1.54) is 13.2 Å². The van der Waals surface area contributed by atoms with Crippen LogP contribution < -0.4 is 10.4 Å². The molecule has 1 aliphatic heterocycles. The molecule has 24 heavy (non-hydrogen) atoms. The Hall–Kier alpha value is -2.34. The highest BCUT2D eigenvalue weighted by Gasteiger charge is 2.29. The first-order valence-corrected chi connectivity index (χ1v) is 8.05. The van der Waals surface area contributed by atoms with Gasteiger partial charge in [-0.15, -0.1) is 0 Å². The number of carbonyl (C=O) groups excluding carboxylic acids is 1. The molecule has 2 aromatic rings. The molecule has 0 bridgehead atoms. The number of fused-ring (bicyclic) bond motifs is 1. The van der Waals surface area contributed by atoms with Crippen LogP contribution in [0, 0.1) is 0 Å². The average Bonchev–Trinajstić information content (AvgIpc) is 2.60. The number of hydrogen-bond acceptors (Lipinski definition) is 6. The van der Waals surface area contributed by atoms with Crippen molar-refractivity contribution >= 4 is 16.9 Å². The second kappa shape index (κ2) is 7.05. The minimum atomic E-state index is -0.405. The van der Waals surface area contributed by atoms with E-state index in [0.717, 1.165) is 36.8 Å². The van der Waals surface area contributed by atoms with E-state index >= 15 is 0 Å². The number of rotatable bonds is 4. The Bertz CT molecular complexity index is 798. The lowest BCUT2D eigenvalue weighted by molar-refractivity contribution is -0.148. The zero-order valence-electron chi connectivity index (χ0n) is 13.9. The van der Waals surface area contributed by atoms with Crippen molar-refractivity contribution in [2.24, 2.45) is 0 Å². The first kappa shape index (κ1) is 16.5. The Morgan fingerprint density at radius 3 is 2.88 bits per heavy atom. The second-order valence-corrected chi connectivity index (χ2v) is 5.96. The van der Waals surface area contributed by atoms with E-state index in [9.17, 15) is 9.59 Å². The van der Waals surface area contributed by atoms with Crippen molar-refractivity contribution < 1.29 is 18.7 Å². The van der Waals surface area contributed by atoms with Crippen molar-refractivity contribution in [3.63, 3.8) is 0 Å². The number of nitrogens with zero attached hydrogens (tertiary/aromatic N) is 1. The van der Waals surface area contributed by atoms with Crippen molar-refractivity contribution in [3.05, 3.63) is 40.2 Å². The molecule has 1 aliphatic rings. The van der Waals surface area contributed by atoms with E-state index < -0.39 is 5.63 Å². The molecular formula is C18H21NO5. The van der Waals surface area contributed by atoms with Gasteiger partial charge < -0.3 is 13.9 Å². The SMILES string of the molecule is COC(=O)[C@@H]1CCCCN1Cc1cc(=O)oc2cc(OC)ccc12. The van der Waals surface area contributed by atoms with Crippen LogP contribution in [0.3, 0.4) is 0 Å². The van der Waals surface area contributed by atoms with Gasteiger partial charge in [-0.2, -0.15) is 0 Å². The summed E-state index contributed by atoms with van der Waals surface area (Å²) in [7, 11) is 2.98. The number of methoxy groups -OCH3 is 2. The van der Waals surface area contributed by atoms with Crippen molar-refractivity contribution in [1.29, 1.82) is 0 Å². The molecule has 1 aromatic heterocycles. The summed E-state index contributed by atoms with van der Waals surface area (Å²) in [4.78, 5) is 26.0. The highest BCUT2D eigenvalue weighted by molar-refractivity contribution is 5.81. The van der Waals surface area contributed by atoms with Crippen LogP contribution in [0.5, 0.6) is 5.75 Å². The molecule has 0 unspecified atom stereocenters. The van der Waals surface area contributed by atoms with Crippen LogP contribution >= 0.6 is 0 Å². The quantitative estimate of drug-likeness (QED) is 0.633. The topological polar surface area (TPSA) is 69.0 Å². The Balaban J connectivity index is 1.96. The van der Waals surface area contributed by atoms with Crippen molar-refractivity contribution in [1.82, 2.24) is 4.90 Å². The smallest absolute Gasteiger partial charge is 0.336 e. The van der Waals surface area contributed by atoms with Gasteiger partial charge in [-0.3, -0.25) is 9.69 Å². The maximum atomic E-state index is 12.0. The molecule has 2 heterocycles. The van der Waals surface area contributed by atoms with Crippen molar-refractivity contribution in [2.45, 2.75) is 31.8 Å². The third-order valence-corrected chi connectivity index (χ3v) is 4.50. The standard InChI is InChI=1S/C18H21NO5/c1-22-13-6-7-14-12(9-17(20)24-16(14)10-13)11-19-8-4-3-5-15(19)18(21)23-2/h6-7,9-10,15H,3-5,8,11H2,1-2H3/t15-/m0/s1. The monoisotopic (exact) mass is 331 g/mol. The van der Waals surface area contributed by atoms with E-state index in [1.54, 1.807) is 13.2 Å². The number of hydrogen-bond donors (Lipinski definition) is 0. The molecule has 1 saturated heterocycles. The van der Waals surface area contributed by atoms with Gasteiger partial charge in [-0.25, -0.2) is 4.79 Å². The van der Waals surface area contributed by atoms with E-state index in [-0.39, 0.29) is 12.0 Å². The van der Waals surface area contributed by atoms with Crippen LogP contribution in [-0.2, 0) is 16.1 Å². The number of piperidine rings is 1. The predicted molar refractivity (Wildman–Crippen MR) is 89.1 cm³/mol. The lowest BCUT2D eigenvalue weighted by Crippen LogP contribution is -2.44. The molecule has 6 nitrogen and oxygen atoms in total. The minimum absolute atomic E-state index is 0.219. The molecule has 6 heteroatoms. The van der Waals surface area contributed by atoms with Gasteiger partial charge in [0.1, 0.15) is 17.4 Å². The summed E-state index contributed by atoms with van der Waals surface area (Å²) in [6.07, 6.45) is 2.81. The zero-order valence-corrected chi connectivity index (χ0v) is 13.9. The molecule has 1 atom stereocenters. The summed E-state index contributed by atoms with van der Waals surface area (Å²) >= 11 is 0. The van der Waals surface area contributed by atoms with E-state index in [0.29, 0.717) is 17.9 Å². The Labute approximate surface area is 140 Å². The third kappa shape index (κ3) is 3.28. The summed E-state index contributed by atoms with van der Waals surface area (Å²) < 4.78 is 15.4. The highest BCUT2D eigenvalue weighted by atomic mass is 16.5. The maximum absolute atomic E-state index is 12.0. The van der Waals surface area contributed by atoms with Crippen LogP contribution in [-0.4, -0.2) is 37.7 Å². The summed E-state index contributed by atoms with van der Waals surface area (Å²) in [5, 5.41) is 0.851. The number of carbonyl (C=O) groups is 1. The first-order chi connectivity index (χ1) is 11.6. The molecule has 1 aromatic carbocycles. The van der Waals surface area contributed by atoms with Crippen LogP contribution in [0.15, 0.2) is 33.5 Å². The summed E-state index contributed by atoms with van der Waals surface area (Å²) in [6, 6.07) is 6.65. The largest absolute Gasteiger partial charge is 0.497 e. The van der Waals surface area contributed by atoms with Crippen LogP contribution in [0.1, 0.15) is 24.8 Å². The molecule has 3 rings (SSSR count). The van der Waals surface area contributed by atoms with Gasteiger partial charge in [0, 0.05) is 24.1 Å². The Morgan fingerprint density at radius 2 is 2.12 bits per heavy atom. The number of likely N-dealkylation sites (tertiary alicyclic amines) is 1. The molecule has 1 fully saturated rings. The molecule has 0 radical (unpaired) electrons. The first-order valence-electron chi connectivity index (χ1n) is 8.05. The van der Waals surface area contributed by atoms with E-state index in [4.69, 9.17) is 13.9 Å². The van der Waals surface area contributed by atoms with Gasteiger partial charge in [0.05, 0.1) is 14.2 Å². The lowest BCUT2D eigenvalue weighted by Gasteiger charge is -2.33. The van der Waals surface area contributed by atoms with E-state index in [2.05, 4.69) is 4.90 Å². The van der Waals surface area contributed by atoms with Crippen LogP contribution in [0.2, 0.25) is 0 Å². The third-order valence-electron chi connectivity index (χ3n) is 4.50. The van der Waals surface area contributed by atoms with Crippen molar-refractivity contribution in [2.75, 3.05) is 20.8 Å². The molecule has 128 valence electrons. The van der Waals surface area contributed by atoms with Gasteiger partial charge in [0.15, 0.2) is 0 Å². The van der Waals surface area contributed by atoms with Crippen molar-refractivity contribution in [3.8, 4) is 5.75 Å². The highest BCUT2D eigenvalue weighted by Crippen LogP contribution is 2.26. The molecule has 0 amide bonds. The summed E-state index contributed by atoms with van der Waals surface area (Å²) in [5.74, 6) is 0.414. The fourth-order valence-electron chi connectivity index (χ4n) is 3.27. The number of benzene rings is 1. The van der Waals surface area contributed by atoms with Gasteiger partial charge in [-0.1, -0.05) is 6.42 Å². The maximum Gasteiger partial charge on any atom is 0.336 e. The fraction of sp³-hybridized carbons (Fsp3) is 0.444. The average molecular weight is 331 g/mol. The van der Waals surface area contributed by atoms with Gasteiger partial charge in [0.25, 0.3) is 0 Å². The molecule has 0 N–H and O–H groups in total. The molecule has 0 saturated carbocycles. The van der Waals surface area contributed by atoms with Crippen LogP contribution in [0.4, 0.5) is 0 Å². The Kier molecular flexibility index (Phi) is 4.85. The molecule has 0 spiro atoms. The fourth-order valence-corrected chi connectivity index (χ4v) is 3.27. The van der Waals surface area contributed by atoms with Gasteiger partial charge in [0.2, 0.25) is 0 Å². The lowest BCUT2D eigenvalue weighted by atomic mass is 10.0. The van der Waals surface area contributed by atoms with Gasteiger partial charge >= 0.3 is 11.6 Å². The van der Waals surface area contributed by atoms with E-state index in [1.807, 2.05) is 12.1 Å². The summed E-state index contributed by atoms with van der Waals surface area (Å²) in [6.45, 7) is 1.31. The number of ether oxygens (including phenoxy) is 2. The van der Waals surface area contributed by atoms with Gasteiger partial charge in [-0.05, 0) is 37.1 Å². The molecule has 0 aliphatic carbocycles. The summed E-state index contributed by atoms with van der Waals surface area (Å²) in [5.41, 5.74) is 0.931. The number of esters is 1. The molecular weight excluding hydrogens is 310 g/mol. The second-order valence-electron chi connectivity index (χ2n) is 5.96. The minimum Gasteiger partial charge on any atom is -0.497 e. The zero-order chi connectivity index (χ0) is 17.1. The normalized spacial score (nSPS) is 18.5. The predicted octanol–water partition coefficient (Wildman–Crippen LogP) is 2.33.